The van der Waals surface area contributed by atoms with Gasteiger partial charge in [0.15, 0.2) is 0 Å². The average Bonchev–Trinajstić information content (AvgIpc) is 2.40. The van der Waals surface area contributed by atoms with Crippen molar-refractivity contribution in [1.29, 1.82) is 0 Å². The Labute approximate surface area is 110 Å². The lowest BCUT2D eigenvalue weighted by atomic mass is 10.1. The Morgan fingerprint density at radius 2 is 1.94 bits per heavy atom. The van der Waals surface area contributed by atoms with Crippen LogP contribution >= 0.6 is 0 Å². The number of aliphatic hydroxyl groups excluding tert-OH is 1. The maximum atomic E-state index is 9.12. The molecule has 0 aliphatic heterocycles. The molecular formula is C15H25NO2. The summed E-state index contributed by atoms with van der Waals surface area (Å²) in [6.07, 6.45) is 3.65. The van der Waals surface area contributed by atoms with Crippen molar-refractivity contribution in [2.24, 2.45) is 0 Å². The summed E-state index contributed by atoms with van der Waals surface area (Å²) < 4.78 is 5.36. The van der Waals surface area contributed by atoms with Gasteiger partial charge in [0, 0.05) is 18.7 Å². The molecule has 0 aliphatic carbocycles. The molecule has 1 aromatic carbocycles. The fraction of sp³-hybridized carbons (Fsp3) is 0.600. The van der Waals surface area contributed by atoms with E-state index >= 15 is 0 Å². The van der Waals surface area contributed by atoms with Crippen LogP contribution in [-0.4, -0.2) is 36.8 Å². The molecule has 0 heterocycles. The van der Waals surface area contributed by atoms with E-state index in [-0.39, 0.29) is 6.61 Å². The normalized spacial score (nSPS) is 10.9. The molecular weight excluding hydrogens is 226 g/mol. The third-order valence-electron chi connectivity index (χ3n) is 3.08. The summed E-state index contributed by atoms with van der Waals surface area (Å²) in [6, 6.07) is 8.08. The van der Waals surface area contributed by atoms with E-state index in [2.05, 4.69) is 17.9 Å². The number of methoxy groups -OCH3 is 1. The molecule has 3 nitrogen and oxygen atoms in total. The summed E-state index contributed by atoms with van der Waals surface area (Å²) in [7, 11) is 1.70. The number of hydrogen-bond donors (Lipinski definition) is 1. The van der Waals surface area contributed by atoms with Gasteiger partial charge in [-0.25, -0.2) is 0 Å². The van der Waals surface area contributed by atoms with Crippen LogP contribution in [-0.2, 0) is 6.54 Å². The minimum atomic E-state index is 0.210. The Kier molecular flexibility index (Phi) is 7.46. The van der Waals surface area contributed by atoms with Crippen LogP contribution in [0.3, 0.4) is 0 Å². The minimum absolute atomic E-state index is 0.210. The first-order valence-corrected chi connectivity index (χ1v) is 6.77. The number of hydrogen-bond acceptors (Lipinski definition) is 3. The Morgan fingerprint density at radius 1 is 1.17 bits per heavy atom. The van der Waals surface area contributed by atoms with Crippen molar-refractivity contribution in [3.05, 3.63) is 29.8 Å². The molecule has 0 spiro atoms. The zero-order chi connectivity index (χ0) is 13.2. The highest BCUT2D eigenvalue weighted by molar-refractivity contribution is 5.33. The lowest BCUT2D eigenvalue weighted by Gasteiger charge is -2.22. The monoisotopic (exact) mass is 251 g/mol. The van der Waals surface area contributed by atoms with Crippen LogP contribution in [0.5, 0.6) is 5.75 Å². The van der Waals surface area contributed by atoms with Crippen LogP contribution in [0.2, 0.25) is 0 Å². The van der Waals surface area contributed by atoms with Crippen LogP contribution in [0.4, 0.5) is 0 Å². The van der Waals surface area contributed by atoms with Crippen LogP contribution in [0.15, 0.2) is 24.3 Å². The zero-order valence-corrected chi connectivity index (χ0v) is 11.6. The molecule has 3 heteroatoms. The van der Waals surface area contributed by atoms with Crippen LogP contribution in [0.1, 0.15) is 31.7 Å². The molecule has 0 aliphatic rings. The molecule has 1 N–H and O–H groups in total. The second-order valence-electron chi connectivity index (χ2n) is 4.52. The molecule has 1 aromatic rings. The van der Waals surface area contributed by atoms with Gasteiger partial charge in [-0.3, -0.25) is 4.90 Å². The highest BCUT2D eigenvalue weighted by Crippen LogP contribution is 2.19. The summed E-state index contributed by atoms with van der Waals surface area (Å²) in [4.78, 5) is 2.29. The molecule has 0 saturated heterocycles. The van der Waals surface area contributed by atoms with Crippen molar-refractivity contribution in [1.82, 2.24) is 4.90 Å². The van der Waals surface area contributed by atoms with Crippen molar-refractivity contribution in [2.45, 2.75) is 32.7 Å². The first-order valence-electron chi connectivity index (χ1n) is 6.77. The topological polar surface area (TPSA) is 32.7 Å². The zero-order valence-electron chi connectivity index (χ0n) is 11.6. The SMILES string of the molecule is CCCCCN(CCO)Cc1ccccc1OC. The fourth-order valence-electron chi connectivity index (χ4n) is 2.07. The van der Waals surface area contributed by atoms with Gasteiger partial charge >= 0.3 is 0 Å². The molecule has 0 amide bonds. The van der Waals surface area contributed by atoms with Gasteiger partial charge < -0.3 is 9.84 Å². The van der Waals surface area contributed by atoms with E-state index in [4.69, 9.17) is 9.84 Å². The molecule has 0 saturated carbocycles. The maximum Gasteiger partial charge on any atom is 0.123 e. The van der Waals surface area contributed by atoms with Crippen molar-refractivity contribution < 1.29 is 9.84 Å². The van der Waals surface area contributed by atoms with E-state index in [1.807, 2.05) is 18.2 Å². The Balaban J connectivity index is 2.58. The van der Waals surface area contributed by atoms with Gasteiger partial charge in [0.25, 0.3) is 0 Å². The lowest BCUT2D eigenvalue weighted by Crippen LogP contribution is -2.27. The van der Waals surface area contributed by atoms with Gasteiger partial charge in [-0.1, -0.05) is 38.0 Å². The standard InChI is InChI=1S/C15H25NO2/c1-3-4-7-10-16(11-12-17)13-14-8-5-6-9-15(14)18-2/h5-6,8-9,17H,3-4,7,10-13H2,1-2H3. The van der Waals surface area contributed by atoms with Gasteiger partial charge in [0.1, 0.15) is 5.75 Å². The molecule has 1 rings (SSSR count). The first kappa shape index (κ1) is 15.0. The number of nitrogens with zero attached hydrogens (tertiary/aromatic N) is 1. The van der Waals surface area contributed by atoms with E-state index in [0.29, 0.717) is 0 Å². The molecule has 18 heavy (non-hydrogen) atoms. The quantitative estimate of drug-likeness (QED) is 0.685. The van der Waals surface area contributed by atoms with E-state index in [1.54, 1.807) is 7.11 Å². The molecule has 0 bridgehead atoms. The highest BCUT2D eigenvalue weighted by atomic mass is 16.5. The molecule has 0 unspecified atom stereocenters. The van der Waals surface area contributed by atoms with Crippen molar-refractivity contribution in [3.63, 3.8) is 0 Å². The van der Waals surface area contributed by atoms with Crippen LogP contribution in [0.25, 0.3) is 0 Å². The van der Waals surface area contributed by atoms with E-state index in [0.717, 1.165) is 25.4 Å². The molecule has 0 radical (unpaired) electrons. The highest BCUT2D eigenvalue weighted by Gasteiger charge is 2.08. The second kappa shape index (κ2) is 8.95. The third-order valence-corrected chi connectivity index (χ3v) is 3.08. The average molecular weight is 251 g/mol. The summed E-state index contributed by atoms with van der Waals surface area (Å²) in [6.45, 7) is 5.01. The summed E-state index contributed by atoms with van der Waals surface area (Å²) >= 11 is 0. The smallest absolute Gasteiger partial charge is 0.123 e. The van der Waals surface area contributed by atoms with Gasteiger partial charge in [-0.15, -0.1) is 0 Å². The second-order valence-corrected chi connectivity index (χ2v) is 4.52. The van der Waals surface area contributed by atoms with Crippen molar-refractivity contribution >= 4 is 0 Å². The number of rotatable bonds is 9. The minimum Gasteiger partial charge on any atom is -0.496 e. The first-order chi connectivity index (χ1) is 8.81. The number of aliphatic hydroxyl groups is 1. The van der Waals surface area contributed by atoms with Gasteiger partial charge in [-0.2, -0.15) is 0 Å². The van der Waals surface area contributed by atoms with Crippen LogP contribution < -0.4 is 4.74 Å². The molecule has 0 fully saturated rings. The number of benzene rings is 1. The largest absolute Gasteiger partial charge is 0.496 e. The van der Waals surface area contributed by atoms with E-state index < -0.39 is 0 Å². The molecule has 0 atom stereocenters. The number of unbranched alkanes of at least 4 members (excludes halogenated alkanes) is 2. The predicted molar refractivity (Wildman–Crippen MR) is 74.9 cm³/mol. The lowest BCUT2D eigenvalue weighted by molar-refractivity contribution is 0.186. The summed E-state index contributed by atoms with van der Waals surface area (Å²) in [5.41, 5.74) is 1.19. The van der Waals surface area contributed by atoms with Gasteiger partial charge in [0.2, 0.25) is 0 Å². The molecule has 102 valence electrons. The van der Waals surface area contributed by atoms with Gasteiger partial charge in [0.05, 0.1) is 13.7 Å². The van der Waals surface area contributed by atoms with Crippen LogP contribution in [0, 0.1) is 0 Å². The Hall–Kier alpha value is -1.06. The van der Waals surface area contributed by atoms with Gasteiger partial charge in [-0.05, 0) is 19.0 Å². The number of para-hydroxylation sites is 1. The third kappa shape index (κ3) is 5.07. The Morgan fingerprint density at radius 3 is 2.61 bits per heavy atom. The fourth-order valence-corrected chi connectivity index (χ4v) is 2.07. The van der Waals surface area contributed by atoms with E-state index in [1.165, 1.54) is 24.8 Å². The Bertz CT molecular complexity index is 328. The summed E-state index contributed by atoms with van der Waals surface area (Å²) in [5, 5.41) is 9.12. The summed E-state index contributed by atoms with van der Waals surface area (Å²) in [5.74, 6) is 0.927. The molecule has 0 aromatic heterocycles. The maximum absolute atomic E-state index is 9.12. The van der Waals surface area contributed by atoms with Crippen molar-refractivity contribution in [2.75, 3.05) is 26.8 Å². The van der Waals surface area contributed by atoms with E-state index in [9.17, 15) is 0 Å². The van der Waals surface area contributed by atoms with Crippen molar-refractivity contribution in [3.8, 4) is 5.75 Å². The number of ether oxygens (including phenoxy) is 1. The predicted octanol–water partition coefficient (Wildman–Crippen LogP) is 2.68.